The molecule has 1 aromatic rings. The first-order valence-corrected chi connectivity index (χ1v) is 7.38. The lowest BCUT2D eigenvalue weighted by atomic mass is 10.3. The molecule has 5 nitrogen and oxygen atoms in total. The van der Waals surface area contributed by atoms with E-state index in [-0.39, 0.29) is 31.2 Å². The van der Waals surface area contributed by atoms with Crippen LogP contribution in [0.25, 0.3) is 0 Å². The van der Waals surface area contributed by atoms with Gasteiger partial charge in [0, 0.05) is 30.7 Å². The number of hydrogen-bond donors (Lipinski definition) is 1. The number of halogens is 1. The summed E-state index contributed by atoms with van der Waals surface area (Å²) in [6, 6.07) is 6.01. The number of rotatable bonds is 9. The average molecular weight is 315 g/mol. The Bertz CT molecular complexity index is 467. The summed E-state index contributed by atoms with van der Waals surface area (Å²) in [4.78, 5) is 24.8. The SMILES string of the molecule is COCCN(CC(=O)O)C(=O)CCSc1ccc(F)cc1. The molecular formula is C14H18FNO4S. The number of carboxylic acid groups (broad SMARTS) is 1. The van der Waals surface area contributed by atoms with Crippen LogP contribution in [0.3, 0.4) is 0 Å². The predicted molar refractivity (Wildman–Crippen MR) is 77.8 cm³/mol. The second-order valence-electron chi connectivity index (χ2n) is 4.25. The Morgan fingerprint density at radius 2 is 2.00 bits per heavy atom. The summed E-state index contributed by atoms with van der Waals surface area (Å²) < 4.78 is 17.6. The molecule has 0 unspecified atom stereocenters. The Hall–Kier alpha value is -1.60. The van der Waals surface area contributed by atoms with Crippen molar-refractivity contribution >= 4 is 23.6 Å². The Morgan fingerprint density at radius 3 is 2.57 bits per heavy atom. The predicted octanol–water partition coefficient (Wildman–Crippen LogP) is 1.87. The van der Waals surface area contributed by atoms with Crippen molar-refractivity contribution in [2.24, 2.45) is 0 Å². The summed E-state index contributed by atoms with van der Waals surface area (Å²) in [5.41, 5.74) is 0. The largest absolute Gasteiger partial charge is 0.480 e. The van der Waals surface area contributed by atoms with Crippen molar-refractivity contribution in [3.8, 4) is 0 Å². The molecule has 1 N–H and O–H groups in total. The number of aliphatic carboxylic acids is 1. The van der Waals surface area contributed by atoms with Crippen LogP contribution >= 0.6 is 11.8 Å². The number of thioether (sulfide) groups is 1. The summed E-state index contributed by atoms with van der Waals surface area (Å²) in [5.74, 6) is -1.08. The second kappa shape index (κ2) is 9.36. The standard InChI is InChI=1S/C14H18FNO4S/c1-20-8-7-16(10-14(18)19)13(17)6-9-21-12-4-2-11(15)3-5-12/h2-5H,6-10H2,1H3,(H,18,19). The summed E-state index contributed by atoms with van der Waals surface area (Å²) in [5, 5.41) is 8.79. The molecule has 116 valence electrons. The van der Waals surface area contributed by atoms with Crippen LogP contribution in [0.5, 0.6) is 0 Å². The molecule has 0 saturated heterocycles. The summed E-state index contributed by atoms with van der Waals surface area (Å²) >= 11 is 1.42. The van der Waals surface area contributed by atoms with Gasteiger partial charge in [0.1, 0.15) is 12.4 Å². The van der Waals surface area contributed by atoms with Crippen LogP contribution in [0, 0.1) is 5.82 Å². The molecule has 0 bridgehead atoms. The van der Waals surface area contributed by atoms with Crippen molar-refractivity contribution < 1.29 is 23.8 Å². The van der Waals surface area contributed by atoms with Crippen LogP contribution in [0.1, 0.15) is 6.42 Å². The molecule has 0 aliphatic heterocycles. The van der Waals surface area contributed by atoms with Crippen molar-refractivity contribution in [3.63, 3.8) is 0 Å². The number of carbonyl (C=O) groups excluding carboxylic acids is 1. The molecule has 0 spiro atoms. The van der Waals surface area contributed by atoms with Crippen molar-refractivity contribution in [1.82, 2.24) is 4.90 Å². The molecule has 7 heteroatoms. The fourth-order valence-electron chi connectivity index (χ4n) is 1.60. The number of hydrogen-bond acceptors (Lipinski definition) is 4. The van der Waals surface area contributed by atoms with E-state index in [4.69, 9.17) is 9.84 Å². The highest BCUT2D eigenvalue weighted by molar-refractivity contribution is 7.99. The highest BCUT2D eigenvalue weighted by atomic mass is 32.2. The van der Waals surface area contributed by atoms with Gasteiger partial charge in [-0.3, -0.25) is 9.59 Å². The molecule has 0 atom stereocenters. The van der Waals surface area contributed by atoms with E-state index in [0.717, 1.165) is 4.90 Å². The zero-order valence-electron chi connectivity index (χ0n) is 11.8. The van der Waals surface area contributed by atoms with Gasteiger partial charge in [0.15, 0.2) is 0 Å². The minimum Gasteiger partial charge on any atom is -0.480 e. The highest BCUT2D eigenvalue weighted by Crippen LogP contribution is 2.19. The summed E-state index contributed by atoms with van der Waals surface area (Å²) in [7, 11) is 1.49. The van der Waals surface area contributed by atoms with Crippen LogP contribution in [0.15, 0.2) is 29.2 Å². The van der Waals surface area contributed by atoms with Crippen LogP contribution < -0.4 is 0 Å². The zero-order chi connectivity index (χ0) is 15.7. The van der Waals surface area contributed by atoms with Crippen molar-refractivity contribution in [2.75, 3.05) is 32.6 Å². The van der Waals surface area contributed by atoms with Crippen molar-refractivity contribution in [3.05, 3.63) is 30.1 Å². The molecule has 0 saturated carbocycles. The van der Waals surface area contributed by atoms with Crippen molar-refractivity contribution in [1.29, 1.82) is 0 Å². The Balaban J connectivity index is 2.41. The molecule has 0 fully saturated rings. The lowest BCUT2D eigenvalue weighted by Gasteiger charge is -2.20. The van der Waals surface area contributed by atoms with Crippen LogP contribution in [0.4, 0.5) is 4.39 Å². The van der Waals surface area contributed by atoms with E-state index in [1.54, 1.807) is 12.1 Å². The lowest BCUT2D eigenvalue weighted by Crippen LogP contribution is -2.38. The highest BCUT2D eigenvalue weighted by Gasteiger charge is 2.16. The minimum atomic E-state index is -1.05. The third-order valence-corrected chi connectivity index (χ3v) is 3.66. The molecule has 0 aliphatic rings. The van der Waals surface area contributed by atoms with Gasteiger partial charge in [0.05, 0.1) is 6.61 Å². The third-order valence-electron chi connectivity index (χ3n) is 2.64. The Kier molecular flexibility index (Phi) is 7.78. The molecule has 1 rings (SSSR count). The van der Waals surface area contributed by atoms with E-state index in [9.17, 15) is 14.0 Å². The molecule has 0 radical (unpaired) electrons. The van der Waals surface area contributed by atoms with E-state index >= 15 is 0 Å². The number of carboxylic acids is 1. The molecular weight excluding hydrogens is 297 g/mol. The maximum absolute atomic E-state index is 12.7. The number of carbonyl (C=O) groups is 2. The number of amides is 1. The Morgan fingerprint density at radius 1 is 1.33 bits per heavy atom. The van der Waals surface area contributed by atoms with E-state index in [0.29, 0.717) is 12.4 Å². The normalized spacial score (nSPS) is 10.4. The van der Waals surface area contributed by atoms with E-state index in [2.05, 4.69) is 0 Å². The maximum atomic E-state index is 12.7. The first-order chi connectivity index (χ1) is 10.0. The first kappa shape index (κ1) is 17.5. The van der Waals surface area contributed by atoms with Gasteiger partial charge >= 0.3 is 5.97 Å². The van der Waals surface area contributed by atoms with Crippen LogP contribution in [-0.4, -0.2) is 54.4 Å². The second-order valence-corrected chi connectivity index (χ2v) is 5.42. The number of benzene rings is 1. The first-order valence-electron chi connectivity index (χ1n) is 6.40. The molecule has 0 heterocycles. The molecule has 1 aromatic carbocycles. The van der Waals surface area contributed by atoms with E-state index in [1.807, 2.05) is 0 Å². The molecule has 0 aromatic heterocycles. The summed E-state index contributed by atoms with van der Waals surface area (Å²) in [6.07, 6.45) is 0.221. The van der Waals surface area contributed by atoms with Gasteiger partial charge < -0.3 is 14.7 Å². The number of nitrogens with zero attached hydrogens (tertiary/aromatic N) is 1. The van der Waals surface area contributed by atoms with Gasteiger partial charge in [-0.05, 0) is 24.3 Å². The van der Waals surface area contributed by atoms with Gasteiger partial charge in [0.2, 0.25) is 5.91 Å². The van der Waals surface area contributed by atoms with Gasteiger partial charge in [-0.15, -0.1) is 11.8 Å². The van der Waals surface area contributed by atoms with E-state index in [1.165, 1.54) is 35.9 Å². The topological polar surface area (TPSA) is 66.8 Å². The maximum Gasteiger partial charge on any atom is 0.323 e. The summed E-state index contributed by atoms with van der Waals surface area (Å²) in [6.45, 7) is 0.219. The van der Waals surface area contributed by atoms with Crippen molar-refractivity contribution in [2.45, 2.75) is 11.3 Å². The monoisotopic (exact) mass is 315 g/mol. The van der Waals surface area contributed by atoms with E-state index < -0.39 is 5.97 Å². The Labute approximate surface area is 127 Å². The molecule has 21 heavy (non-hydrogen) atoms. The van der Waals surface area contributed by atoms with Crippen LogP contribution in [-0.2, 0) is 14.3 Å². The van der Waals surface area contributed by atoms with Gasteiger partial charge in [-0.1, -0.05) is 0 Å². The smallest absolute Gasteiger partial charge is 0.323 e. The lowest BCUT2D eigenvalue weighted by molar-refractivity contribution is -0.144. The number of ether oxygens (including phenoxy) is 1. The van der Waals surface area contributed by atoms with Gasteiger partial charge in [0.25, 0.3) is 0 Å². The van der Waals surface area contributed by atoms with Gasteiger partial charge in [-0.25, -0.2) is 4.39 Å². The average Bonchev–Trinajstić information content (AvgIpc) is 2.45. The number of methoxy groups -OCH3 is 1. The fourth-order valence-corrected chi connectivity index (χ4v) is 2.44. The fraction of sp³-hybridized carbons (Fsp3) is 0.429. The molecule has 1 amide bonds. The quantitative estimate of drug-likeness (QED) is 0.705. The molecule has 0 aliphatic carbocycles. The zero-order valence-corrected chi connectivity index (χ0v) is 12.6. The van der Waals surface area contributed by atoms with Crippen LogP contribution in [0.2, 0.25) is 0 Å². The van der Waals surface area contributed by atoms with Gasteiger partial charge in [-0.2, -0.15) is 0 Å². The minimum absolute atomic E-state index is 0.221. The third kappa shape index (κ3) is 7.10.